The number of aromatic nitrogens is 2. The number of fused-ring (bicyclic) bond motifs is 1. The lowest BCUT2D eigenvalue weighted by Gasteiger charge is -1.98. The van der Waals surface area contributed by atoms with Crippen molar-refractivity contribution in [2.24, 2.45) is 0 Å². The van der Waals surface area contributed by atoms with E-state index in [1.54, 1.807) is 6.20 Å². The molecule has 0 atom stereocenters. The van der Waals surface area contributed by atoms with E-state index in [1.807, 2.05) is 13.1 Å². The Morgan fingerprint density at radius 3 is 3.00 bits per heavy atom. The molecule has 0 aliphatic carbocycles. The van der Waals surface area contributed by atoms with E-state index < -0.39 is 5.97 Å². The summed E-state index contributed by atoms with van der Waals surface area (Å²) in [6, 6.07) is 0. The molecule has 0 saturated heterocycles. The Labute approximate surface area is 80.6 Å². The first-order chi connectivity index (χ1) is 6.74. The van der Waals surface area contributed by atoms with E-state index in [1.165, 1.54) is 6.20 Å². The molecule has 14 heavy (non-hydrogen) atoms. The second-order valence-corrected chi connectivity index (χ2v) is 3.08. The zero-order valence-electron chi connectivity index (χ0n) is 7.74. The van der Waals surface area contributed by atoms with Crippen LogP contribution in [0, 0.1) is 0 Å². The number of nitrogens with one attached hydrogen (secondary N) is 1. The standard InChI is InChI=1S/C10H10N2O2/c1-2-6-3-12-8-5-11-4-7(9(6)8)10(13)14/h3-5,12H,2H2,1H3,(H,13,14). The van der Waals surface area contributed by atoms with Gasteiger partial charge in [-0.2, -0.15) is 0 Å². The SMILES string of the molecule is CCc1c[nH]c2cncc(C(=O)O)c12. The molecule has 2 N–H and O–H groups in total. The third kappa shape index (κ3) is 1.16. The smallest absolute Gasteiger partial charge is 0.337 e. The number of hydrogen-bond acceptors (Lipinski definition) is 2. The highest BCUT2D eigenvalue weighted by atomic mass is 16.4. The van der Waals surface area contributed by atoms with Crippen molar-refractivity contribution in [2.75, 3.05) is 0 Å². The zero-order valence-corrected chi connectivity index (χ0v) is 7.74. The van der Waals surface area contributed by atoms with E-state index in [2.05, 4.69) is 9.97 Å². The van der Waals surface area contributed by atoms with Gasteiger partial charge in [0.15, 0.2) is 0 Å². The molecular formula is C10H10N2O2. The fourth-order valence-electron chi connectivity index (χ4n) is 1.59. The second kappa shape index (κ2) is 3.14. The summed E-state index contributed by atoms with van der Waals surface area (Å²) >= 11 is 0. The summed E-state index contributed by atoms with van der Waals surface area (Å²) < 4.78 is 0. The number of nitrogens with zero attached hydrogens (tertiary/aromatic N) is 1. The minimum atomic E-state index is -0.933. The van der Waals surface area contributed by atoms with E-state index in [0.717, 1.165) is 22.9 Å². The molecule has 0 amide bonds. The minimum absolute atomic E-state index is 0.264. The Balaban J connectivity index is 2.81. The van der Waals surface area contributed by atoms with Crippen LogP contribution in [0.15, 0.2) is 18.6 Å². The second-order valence-electron chi connectivity index (χ2n) is 3.08. The summed E-state index contributed by atoms with van der Waals surface area (Å²) in [5.41, 5.74) is 2.06. The van der Waals surface area contributed by atoms with Gasteiger partial charge >= 0.3 is 5.97 Å². The lowest BCUT2D eigenvalue weighted by Crippen LogP contribution is -1.98. The molecule has 0 spiro atoms. The van der Waals surface area contributed by atoms with Gasteiger partial charge in [0.25, 0.3) is 0 Å². The summed E-state index contributed by atoms with van der Waals surface area (Å²) in [5, 5.41) is 9.74. The van der Waals surface area contributed by atoms with Gasteiger partial charge < -0.3 is 10.1 Å². The first kappa shape index (κ1) is 8.74. The van der Waals surface area contributed by atoms with Crippen molar-refractivity contribution in [1.82, 2.24) is 9.97 Å². The number of aryl methyl sites for hydroxylation is 1. The molecule has 0 unspecified atom stereocenters. The van der Waals surface area contributed by atoms with Gasteiger partial charge in [-0.3, -0.25) is 4.98 Å². The van der Waals surface area contributed by atoms with Gasteiger partial charge in [-0.1, -0.05) is 6.92 Å². The van der Waals surface area contributed by atoms with Gasteiger partial charge in [-0.25, -0.2) is 4.79 Å². The molecule has 72 valence electrons. The third-order valence-corrected chi connectivity index (χ3v) is 2.28. The zero-order chi connectivity index (χ0) is 10.1. The number of H-pyrrole nitrogens is 1. The number of rotatable bonds is 2. The molecule has 0 fully saturated rings. The summed E-state index contributed by atoms with van der Waals surface area (Å²) in [4.78, 5) is 17.8. The van der Waals surface area contributed by atoms with Gasteiger partial charge in [-0.15, -0.1) is 0 Å². The van der Waals surface area contributed by atoms with Gasteiger partial charge in [0.1, 0.15) is 0 Å². The molecule has 0 aliphatic rings. The van der Waals surface area contributed by atoms with Crippen LogP contribution in [0.5, 0.6) is 0 Å². The normalized spacial score (nSPS) is 10.6. The van der Waals surface area contributed by atoms with Gasteiger partial charge in [0.05, 0.1) is 17.3 Å². The van der Waals surface area contributed by atoms with Crippen molar-refractivity contribution in [2.45, 2.75) is 13.3 Å². The maximum absolute atomic E-state index is 10.9. The van der Waals surface area contributed by atoms with E-state index in [9.17, 15) is 4.79 Å². The molecule has 4 heteroatoms. The maximum atomic E-state index is 10.9. The number of aromatic carboxylic acids is 1. The van der Waals surface area contributed by atoms with E-state index in [0.29, 0.717) is 0 Å². The third-order valence-electron chi connectivity index (χ3n) is 2.28. The molecule has 0 aromatic carbocycles. The number of carboxylic acid groups (broad SMARTS) is 1. The van der Waals surface area contributed by atoms with Crippen molar-refractivity contribution in [3.63, 3.8) is 0 Å². The molecule has 4 nitrogen and oxygen atoms in total. The Bertz CT molecular complexity index is 488. The van der Waals surface area contributed by atoms with Crippen molar-refractivity contribution < 1.29 is 9.90 Å². The minimum Gasteiger partial charge on any atom is -0.478 e. The highest BCUT2D eigenvalue weighted by molar-refractivity contribution is 6.03. The molecule has 0 bridgehead atoms. The number of pyridine rings is 1. The van der Waals surface area contributed by atoms with Crippen LogP contribution in [-0.4, -0.2) is 21.0 Å². The lowest BCUT2D eigenvalue weighted by atomic mass is 10.1. The van der Waals surface area contributed by atoms with Crippen molar-refractivity contribution in [3.05, 3.63) is 29.7 Å². The molecule has 0 saturated carbocycles. The highest BCUT2D eigenvalue weighted by Gasteiger charge is 2.12. The number of carboxylic acids is 1. The van der Waals surface area contributed by atoms with E-state index >= 15 is 0 Å². The van der Waals surface area contributed by atoms with Crippen LogP contribution in [-0.2, 0) is 6.42 Å². The van der Waals surface area contributed by atoms with Crippen LogP contribution in [0.1, 0.15) is 22.8 Å². The van der Waals surface area contributed by atoms with E-state index in [-0.39, 0.29) is 5.56 Å². The van der Waals surface area contributed by atoms with Gasteiger partial charge in [-0.05, 0) is 12.0 Å². The van der Waals surface area contributed by atoms with Crippen molar-refractivity contribution in [1.29, 1.82) is 0 Å². The molecular weight excluding hydrogens is 180 g/mol. The van der Waals surface area contributed by atoms with Crippen LogP contribution < -0.4 is 0 Å². The molecule has 2 aromatic rings. The van der Waals surface area contributed by atoms with Gasteiger partial charge in [0.2, 0.25) is 0 Å². The van der Waals surface area contributed by atoms with Crippen LogP contribution in [0.2, 0.25) is 0 Å². The maximum Gasteiger partial charge on any atom is 0.337 e. The molecule has 2 rings (SSSR count). The van der Waals surface area contributed by atoms with Crippen LogP contribution in [0.25, 0.3) is 10.9 Å². The van der Waals surface area contributed by atoms with E-state index in [4.69, 9.17) is 5.11 Å². The van der Waals surface area contributed by atoms with Gasteiger partial charge in [0, 0.05) is 17.8 Å². The number of hydrogen-bond donors (Lipinski definition) is 2. The first-order valence-corrected chi connectivity index (χ1v) is 4.41. The van der Waals surface area contributed by atoms with Crippen molar-refractivity contribution >= 4 is 16.9 Å². The molecule has 0 radical (unpaired) electrons. The molecule has 2 heterocycles. The largest absolute Gasteiger partial charge is 0.478 e. The summed E-state index contributed by atoms with van der Waals surface area (Å²) in [6.07, 6.45) is 5.67. The average molecular weight is 190 g/mol. The number of carbonyl (C=O) groups is 1. The molecule has 2 aromatic heterocycles. The Morgan fingerprint density at radius 1 is 1.57 bits per heavy atom. The quantitative estimate of drug-likeness (QED) is 0.759. The van der Waals surface area contributed by atoms with Crippen LogP contribution in [0.4, 0.5) is 0 Å². The topological polar surface area (TPSA) is 66.0 Å². The first-order valence-electron chi connectivity index (χ1n) is 4.41. The summed E-state index contributed by atoms with van der Waals surface area (Å²) in [6.45, 7) is 1.99. The van der Waals surface area contributed by atoms with Crippen LogP contribution >= 0.6 is 0 Å². The Kier molecular flexibility index (Phi) is 1.96. The fourth-order valence-corrected chi connectivity index (χ4v) is 1.59. The average Bonchev–Trinajstić information content (AvgIpc) is 2.59. The predicted octanol–water partition coefficient (Wildman–Crippen LogP) is 1.82. The Hall–Kier alpha value is -1.84. The molecule has 0 aliphatic heterocycles. The number of aromatic amines is 1. The summed E-state index contributed by atoms with van der Waals surface area (Å²) in [7, 11) is 0. The lowest BCUT2D eigenvalue weighted by molar-refractivity contribution is 0.0698. The van der Waals surface area contributed by atoms with Crippen LogP contribution in [0.3, 0.4) is 0 Å². The fraction of sp³-hybridized carbons (Fsp3) is 0.200. The highest BCUT2D eigenvalue weighted by Crippen LogP contribution is 2.21. The monoisotopic (exact) mass is 190 g/mol. The summed E-state index contributed by atoms with van der Waals surface area (Å²) in [5.74, 6) is -0.933. The Morgan fingerprint density at radius 2 is 2.36 bits per heavy atom. The van der Waals surface area contributed by atoms with Crippen molar-refractivity contribution in [3.8, 4) is 0 Å². The predicted molar refractivity (Wildman–Crippen MR) is 52.4 cm³/mol.